The SMILES string of the molecule is CCC(SCc1cccc(OC)c1)N(C)C.Cl. The molecule has 1 unspecified atom stereocenters. The van der Waals surface area contributed by atoms with Gasteiger partial charge in [0.1, 0.15) is 5.75 Å². The molecule has 98 valence electrons. The van der Waals surface area contributed by atoms with Gasteiger partial charge in [-0.3, -0.25) is 4.90 Å². The topological polar surface area (TPSA) is 12.5 Å². The Morgan fingerprint density at radius 1 is 1.35 bits per heavy atom. The van der Waals surface area contributed by atoms with Gasteiger partial charge in [-0.05, 0) is 38.2 Å². The maximum atomic E-state index is 5.22. The van der Waals surface area contributed by atoms with Gasteiger partial charge < -0.3 is 4.74 Å². The van der Waals surface area contributed by atoms with Gasteiger partial charge in [-0.1, -0.05) is 19.1 Å². The van der Waals surface area contributed by atoms with Crippen LogP contribution in [0.4, 0.5) is 0 Å². The second kappa shape index (κ2) is 8.67. The summed E-state index contributed by atoms with van der Waals surface area (Å²) in [5.74, 6) is 1.98. The van der Waals surface area contributed by atoms with E-state index >= 15 is 0 Å². The number of hydrogen-bond donors (Lipinski definition) is 0. The number of rotatable bonds is 6. The molecule has 0 N–H and O–H groups in total. The van der Waals surface area contributed by atoms with Gasteiger partial charge in [-0.25, -0.2) is 0 Å². The van der Waals surface area contributed by atoms with E-state index in [1.807, 2.05) is 23.9 Å². The predicted octanol–water partition coefficient (Wildman–Crippen LogP) is 3.65. The van der Waals surface area contributed by atoms with Crippen LogP contribution in [0.5, 0.6) is 5.75 Å². The van der Waals surface area contributed by atoms with Crippen LogP contribution < -0.4 is 4.74 Å². The summed E-state index contributed by atoms with van der Waals surface area (Å²) in [6, 6.07) is 8.29. The summed E-state index contributed by atoms with van der Waals surface area (Å²) in [6.45, 7) is 2.23. The van der Waals surface area contributed by atoms with E-state index in [1.165, 1.54) is 12.0 Å². The third-order valence-electron chi connectivity index (χ3n) is 2.50. The zero-order valence-electron chi connectivity index (χ0n) is 11.0. The highest BCUT2D eigenvalue weighted by Crippen LogP contribution is 2.23. The van der Waals surface area contributed by atoms with Crippen LogP contribution in [-0.2, 0) is 5.75 Å². The molecule has 0 fully saturated rings. The first-order chi connectivity index (χ1) is 7.67. The fraction of sp³-hybridized carbons (Fsp3) is 0.538. The molecule has 1 rings (SSSR count). The second-order valence-corrected chi connectivity index (χ2v) is 5.16. The number of benzene rings is 1. The van der Waals surface area contributed by atoms with Gasteiger partial charge in [0, 0.05) is 5.75 Å². The zero-order chi connectivity index (χ0) is 12.0. The maximum absolute atomic E-state index is 5.22. The van der Waals surface area contributed by atoms with Crippen LogP contribution in [0.25, 0.3) is 0 Å². The lowest BCUT2D eigenvalue weighted by Crippen LogP contribution is -2.23. The number of hydrogen-bond acceptors (Lipinski definition) is 3. The van der Waals surface area contributed by atoms with E-state index in [2.05, 4.69) is 38.1 Å². The quantitative estimate of drug-likeness (QED) is 0.736. The van der Waals surface area contributed by atoms with Gasteiger partial charge in [0.15, 0.2) is 0 Å². The van der Waals surface area contributed by atoms with Crippen molar-refractivity contribution in [2.24, 2.45) is 0 Å². The highest BCUT2D eigenvalue weighted by atomic mass is 35.5. The third kappa shape index (κ3) is 5.66. The van der Waals surface area contributed by atoms with E-state index < -0.39 is 0 Å². The molecule has 1 aromatic carbocycles. The smallest absolute Gasteiger partial charge is 0.119 e. The van der Waals surface area contributed by atoms with E-state index in [0.717, 1.165) is 11.5 Å². The van der Waals surface area contributed by atoms with Crippen molar-refractivity contribution in [3.05, 3.63) is 29.8 Å². The molecule has 0 heterocycles. The molecule has 0 aliphatic rings. The molecule has 4 heteroatoms. The summed E-state index contributed by atoms with van der Waals surface area (Å²) >= 11 is 1.97. The number of ether oxygens (including phenoxy) is 1. The molecule has 0 aromatic heterocycles. The Kier molecular flexibility index (Phi) is 8.48. The number of thioether (sulfide) groups is 1. The molecular weight excluding hydrogens is 254 g/mol. The summed E-state index contributed by atoms with van der Waals surface area (Å²) < 4.78 is 5.22. The van der Waals surface area contributed by atoms with Crippen LogP contribution in [0.3, 0.4) is 0 Å². The van der Waals surface area contributed by atoms with Crippen LogP contribution in [0.1, 0.15) is 18.9 Å². The van der Waals surface area contributed by atoms with E-state index in [9.17, 15) is 0 Å². The second-order valence-electron chi connectivity index (χ2n) is 3.99. The average molecular weight is 276 g/mol. The van der Waals surface area contributed by atoms with Gasteiger partial charge in [0.25, 0.3) is 0 Å². The Labute approximate surface area is 115 Å². The van der Waals surface area contributed by atoms with Gasteiger partial charge in [-0.15, -0.1) is 24.2 Å². The molecule has 17 heavy (non-hydrogen) atoms. The maximum Gasteiger partial charge on any atom is 0.119 e. The van der Waals surface area contributed by atoms with Crippen LogP contribution in [0.2, 0.25) is 0 Å². The van der Waals surface area contributed by atoms with Crippen molar-refractivity contribution in [3.8, 4) is 5.75 Å². The molecule has 0 bridgehead atoms. The first-order valence-electron chi connectivity index (χ1n) is 5.58. The van der Waals surface area contributed by atoms with Crippen molar-refractivity contribution in [1.29, 1.82) is 0 Å². The predicted molar refractivity (Wildman–Crippen MR) is 79.3 cm³/mol. The molecule has 1 atom stereocenters. The zero-order valence-corrected chi connectivity index (χ0v) is 12.6. The minimum atomic E-state index is 0. The summed E-state index contributed by atoms with van der Waals surface area (Å²) in [5.41, 5.74) is 1.32. The van der Waals surface area contributed by atoms with Gasteiger partial charge >= 0.3 is 0 Å². The van der Waals surface area contributed by atoms with Crippen molar-refractivity contribution >= 4 is 24.2 Å². The molecule has 0 aliphatic heterocycles. The number of halogens is 1. The Hall–Kier alpha value is -0.380. The van der Waals surface area contributed by atoms with Crippen LogP contribution in [0, 0.1) is 0 Å². The molecule has 0 amide bonds. The average Bonchev–Trinajstić information content (AvgIpc) is 2.29. The third-order valence-corrected chi connectivity index (χ3v) is 4.14. The first kappa shape index (κ1) is 16.6. The molecular formula is C13H22ClNOS. The van der Waals surface area contributed by atoms with Gasteiger partial charge in [0.05, 0.1) is 12.5 Å². The van der Waals surface area contributed by atoms with E-state index in [4.69, 9.17) is 4.74 Å². The molecule has 1 aromatic rings. The van der Waals surface area contributed by atoms with Crippen molar-refractivity contribution in [3.63, 3.8) is 0 Å². The van der Waals surface area contributed by atoms with Crippen LogP contribution in [-0.4, -0.2) is 31.5 Å². The fourth-order valence-corrected chi connectivity index (χ4v) is 2.68. The van der Waals surface area contributed by atoms with Crippen molar-refractivity contribution in [2.45, 2.75) is 24.5 Å². The van der Waals surface area contributed by atoms with Crippen LogP contribution >= 0.6 is 24.2 Å². The molecule has 2 nitrogen and oxygen atoms in total. The normalized spacial score (nSPS) is 12.1. The lowest BCUT2D eigenvalue weighted by molar-refractivity contribution is 0.375. The van der Waals surface area contributed by atoms with Gasteiger partial charge in [0.2, 0.25) is 0 Å². The Bertz CT molecular complexity index is 320. The molecule has 0 radical (unpaired) electrons. The summed E-state index contributed by atoms with van der Waals surface area (Å²) in [6.07, 6.45) is 1.17. The summed E-state index contributed by atoms with van der Waals surface area (Å²) in [7, 11) is 5.97. The van der Waals surface area contributed by atoms with Gasteiger partial charge in [-0.2, -0.15) is 0 Å². The monoisotopic (exact) mass is 275 g/mol. The first-order valence-corrected chi connectivity index (χ1v) is 6.63. The highest BCUT2D eigenvalue weighted by Gasteiger charge is 2.09. The fourth-order valence-electron chi connectivity index (χ4n) is 1.59. The van der Waals surface area contributed by atoms with Crippen molar-refractivity contribution in [1.82, 2.24) is 4.90 Å². The van der Waals surface area contributed by atoms with Crippen LogP contribution in [0.15, 0.2) is 24.3 Å². The minimum Gasteiger partial charge on any atom is -0.497 e. The molecule has 0 aliphatic carbocycles. The number of methoxy groups -OCH3 is 1. The van der Waals surface area contributed by atoms with E-state index in [1.54, 1.807) is 7.11 Å². The highest BCUT2D eigenvalue weighted by molar-refractivity contribution is 7.99. The van der Waals surface area contributed by atoms with Crippen molar-refractivity contribution in [2.75, 3.05) is 21.2 Å². The summed E-state index contributed by atoms with van der Waals surface area (Å²) in [4.78, 5) is 2.27. The lowest BCUT2D eigenvalue weighted by atomic mass is 10.2. The largest absolute Gasteiger partial charge is 0.497 e. The van der Waals surface area contributed by atoms with E-state index in [0.29, 0.717) is 5.37 Å². The summed E-state index contributed by atoms with van der Waals surface area (Å²) in [5, 5.41) is 0.589. The molecule has 0 saturated carbocycles. The standard InChI is InChI=1S/C13H21NOS.ClH/c1-5-13(14(2)3)16-10-11-7-6-8-12(9-11)15-4;/h6-9,13H,5,10H2,1-4H3;1H. The number of nitrogens with zero attached hydrogens (tertiary/aromatic N) is 1. The Balaban J connectivity index is 0.00000256. The van der Waals surface area contributed by atoms with Crippen molar-refractivity contribution < 1.29 is 4.74 Å². The Morgan fingerprint density at radius 2 is 2.06 bits per heavy atom. The van der Waals surface area contributed by atoms with E-state index in [-0.39, 0.29) is 12.4 Å². The molecule has 0 saturated heterocycles. The lowest BCUT2D eigenvalue weighted by Gasteiger charge is -2.22. The minimum absolute atomic E-state index is 0. The Morgan fingerprint density at radius 3 is 2.59 bits per heavy atom. The molecule has 0 spiro atoms.